The maximum absolute atomic E-state index is 10.9. The van der Waals surface area contributed by atoms with Gasteiger partial charge in [-0.15, -0.1) is 0 Å². The van der Waals surface area contributed by atoms with Gasteiger partial charge in [0.25, 0.3) is 0 Å². The molecule has 1 nitrogen and oxygen atoms in total. The van der Waals surface area contributed by atoms with Crippen LogP contribution in [0.4, 0.5) is 0 Å². The molecule has 0 aromatic rings. The molecule has 0 unspecified atom stereocenters. The summed E-state index contributed by atoms with van der Waals surface area (Å²) >= 11 is 0. The highest BCUT2D eigenvalue weighted by Crippen LogP contribution is 2.15. The van der Waals surface area contributed by atoms with Gasteiger partial charge in [0.1, 0.15) is 5.78 Å². The summed E-state index contributed by atoms with van der Waals surface area (Å²) in [6.45, 7) is 4.00. The van der Waals surface area contributed by atoms with E-state index in [0.717, 1.165) is 12.8 Å². The summed E-state index contributed by atoms with van der Waals surface area (Å²) in [5, 5.41) is 0. The Morgan fingerprint density at radius 1 is 0.412 bits per heavy atom. The molecule has 34 heavy (non-hydrogen) atoms. The van der Waals surface area contributed by atoms with Crippen LogP contribution in [0.25, 0.3) is 0 Å². The standard InChI is InChI=1S/C33H64O/c1-3-4-5-6-7-8-9-10-11-12-13-14-15-16-17-18-19-20-21-22-23-24-25-26-27-28-29-30-31-32-33(2)34/h10-11H,3-9,12-32H2,1-2H3/b11-10+. The number of hydrogen-bond acceptors (Lipinski definition) is 1. The molecule has 0 aliphatic rings. The lowest BCUT2D eigenvalue weighted by Crippen LogP contribution is -1.89. The van der Waals surface area contributed by atoms with Gasteiger partial charge in [-0.05, 0) is 39.0 Å². The van der Waals surface area contributed by atoms with Crippen molar-refractivity contribution in [3.05, 3.63) is 12.2 Å². The first-order valence-corrected chi connectivity index (χ1v) is 15.9. The van der Waals surface area contributed by atoms with Crippen molar-refractivity contribution in [3.63, 3.8) is 0 Å². The number of carbonyl (C=O) groups excluding carboxylic acids is 1. The number of ketones is 1. The maximum Gasteiger partial charge on any atom is 0.129 e. The average Bonchev–Trinajstić information content (AvgIpc) is 2.83. The average molecular weight is 477 g/mol. The Bertz CT molecular complexity index is 411. The fourth-order valence-electron chi connectivity index (χ4n) is 4.92. The SMILES string of the molecule is CCCCCCCC/C=C/CCCCCCCCCCCCCCCCCCCCCC(C)=O. The van der Waals surface area contributed by atoms with E-state index in [0.29, 0.717) is 5.78 Å². The molecule has 1 heteroatoms. The smallest absolute Gasteiger partial charge is 0.129 e. The monoisotopic (exact) mass is 476 g/mol. The molecule has 0 aromatic carbocycles. The van der Waals surface area contributed by atoms with Gasteiger partial charge in [0, 0.05) is 6.42 Å². The topological polar surface area (TPSA) is 17.1 Å². The van der Waals surface area contributed by atoms with Crippen LogP contribution < -0.4 is 0 Å². The predicted octanol–water partition coefficient (Wildman–Crippen LogP) is 12.1. The number of unbranched alkanes of at least 4 members (excludes halogenated alkanes) is 25. The molecule has 0 spiro atoms. The summed E-state index contributed by atoms with van der Waals surface area (Å²) in [6.07, 6.45) is 43.4. The highest BCUT2D eigenvalue weighted by molar-refractivity contribution is 5.75. The van der Waals surface area contributed by atoms with E-state index >= 15 is 0 Å². The molecule has 0 amide bonds. The van der Waals surface area contributed by atoms with Crippen LogP contribution in [0.3, 0.4) is 0 Å². The number of Topliss-reactive ketones (excluding diaryl/α,β-unsaturated/α-hetero) is 1. The zero-order valence-electron chi connectivity index (χ0n) is 23.9. The molecule has 0 aliphatic heterocycles. The second kappa shape index (κ2) is 30.4. The Labute approximate surface area is 216 Å². The summed E-state index contributed by atoms with van der Waals surface area (Å²) < 4.78 is 0. The largest absolute Gasteiger partial charge is 0.300 e. The summed E-state index contributed by atoms with van der Waals surface area (Å²) in [4.78, 5) is 10.9. The van der Waals surface area contributed by atoms with Gasteiger partial charge in [0.2, 0.25) is 0 Å². The molecule has 0 radical (unpaired) electrons. The van der Waals surface area contributed by atoms with Gasteiger partial charge in [-0.3, -0.25) is 0 Å². The molecule has 202 valence electrons. The fourth-order valence-corrected chi connectivity index (χ4v) is 4.92. The highest BCUT2D eigenvalue weighted by Gasteiger charge is 1.96. The van der Waals surface area contributed by atoms with E-state index in [4.69, 9.17) is 0 Å². The number of rotatable bonds is 29. The lowest BCUT2D eigenvalue weighted by atomic mass is 10.0. The van der Waals surface area contributed by atoms with E-state index < -0.39 is 0 Å². The first-order valence-electron chi connectivity index (χ1n) is 15.9. The van der Waals surface area contributed by atoms with Gasteiger partial charge in [0.15, 0.2) is 0 Å². The molecular weight excluding hydrogens is 412 g/mol. The molecule has 0 aliphatic carbocycles. The fraction of sp³-hybridized carbons (Fsp3) is 0.909. The predicted molar refractivity (Wildman–Crippen MR) is 155 cm³/mol. The van der Waals surface area contributed by atoms with E-state index in [2.05, 4.69) is 19.1 Å². The second-order valence-corrected chi connectivity index (χ2v) is 11.0. The molecule has 0 atom stereocenters. The van der Waals surface area contributed by atoms with E-state index in [-0.39, 0.29) is 0 Å². The van der Waals surface area contributed by atoms with E-state index in [1.54, 1.807) is 6.92 Å². The van der Waals surface area contributed by atoms with Gasteiger partial charge in [-0.1, -0.05) is 160 Å². The minimum absolute atomic E-state index is 0.350. The molecule has 0 saturated carbocycles. The van der Waals surface area contributed by atoms with Crippen molar-refractivity contribution < 1.29 is 4.79 Å². The van der Waals surface area contributed by atoms with Gasteiger partial charge in [-0.25, -0.2) is 0 Å². The summed E-state index contributed by atoms with van der Waals surface area (Å²) in [5.74, 6) is 0.350. The maximum atomic E-state index is 10.9. The molecule has 0 fully saturated rings. The third kappa shape index (κ3) is 31.4. The Hall–Kier alpha value is -0.590. The van der Waals surface area contributed by atoms with Crippen LogP contribution in [0.1, 0.15) is 194 Å². The van der Waals surface area contributed by atoms with Crippen LogP contribution >= 0.6 is 0 Å². The van der Waals surface area contributed by atoms with E-state index in [1.807, 2.05) is 0 Å². The number of carbonyl (C=O) groups is 1. The van der Waals surface area contributed by atoms with Crippen LogP contribution in [0.2, 0.25) is 0 Å². The lowest BCUT2D eigenvalue weighted by molar-refractivity contribution is -0.117. The lowest BCUT2D eigenvalue weighted by Gasteiger charge is -2.04. The van der Waals surface area contributed by atoms with Crippen LogP contribution in [0, 0.1) is 0 Å². The first kappa shape index (κ1) is 33.4. The van der Waals surface area contributed by atoms with Crippen LogP contribution in [0.5, 0.6) is 0 Å². The van der Waals surface area contributed by atoms with Crippen molar-refractivity contribution in [2.45, 2.75) is 194 Å². The van der Waals surface area contributed by atoms with Gasteiger partial charge in [-0.2, -0.15) is 0 Å². The normalized spacial score (nSPS) is 11.6. The molecule has 0 heterocycles. The first-order chi connectivity index (χ1) is 16.8. The molecule has 0 aromatic heterocycles. The van der Waals surface area contributed by atoms with E-state index in [9.17, 15) is 4.79 Å². The minimum Gasteiger partial charge on any atom is -0.300 e. The third-order valence-electron chi connectivity index (χ3n) is 7.29. The summed E-state index contributed by atoms with van der Waals surface area (Å²) in [5.41, 5.74) is 0. The second-order valence-electron chi connectivity index (χ2n) is 11.0. The molecule has 0 N–H and O–H groups in total. The van der Waals surface area contributed by atoms with Gasteiger partial charge in [0.05, 0.1) is 0 Å². The Morgan fingerprint density at radius 3 is 0.971 bits per heavy atom. The number of allylic oxidation sites excluding steroid dienone is 2. The van der Waals surface area contributed by atoms with Gasteiger partial charge < -0.3 is 4.79 Å². The van der Waals surface area contributed by atoms with E-state index in [1.165, 1.54) is 167 Å². The molecular formula is C33H64O. The molecule has 0 bridgehead atoms. The Kier molecular flexibility index (Phi) is 29.9. The Balaban J connectivity index is 3.06. The Morgan fingerprint density at radius 2 is 0.676 bits per heavy atom. The highest BCUT2D eigenvalue weighted by atomic mass is 16.1. The van der Waals surface area contributed by atoms with Crippen LogP contribution in [-0.4, -0.2) is 5.78 Å². The van der Waals surface area contributed by atoms with Crippen LogP contribution in [0.15, 0.2) is 12.2 Å². The van der Waals surface area contributed by atoms with Crippen molar-refractivity contribution >= 4 is 5.78 Å². The molecule has 0 saturated heterocycles. The third-order valence-corrected chi connectivity index (χ3v) is 7.29. The summed E-state index contributed by atoms with van der Waals surface area (Å²) in [6, 6.07) is 0. The minimum atomic E-state index is 0.350. The molecule has 0 rings (SSSR count). The van der Waals surface area contributed by atoms with Crippen molar-refractivity contribution in [3.8, 4) is 0 Å². The number of hydrogen-bond donors (Lipinski definition) is 0. The van der Waals surface area contributed by atoms with Crippen molar-refractivity contribution in [2.75, 3.05) is 0 Å². The zero-order valence-corrected chi connectivity index (χ0v) is 23.9. The quantitative estimate of drug-likeness (QED) is 0.0774. The van der Waals surface area contributed by atoms with Crippen molar-refractivity contribution in [2.24, 2.45) is 0 Å². The zero-order chi connectivity index (χ0) is 24.8. The van der Waals surface area contributed by atoms with Crippen molar-refractivity contribution in [1.82, 2.24) is 0 Å². The van der Waals surface area contributed by atoms with Gasteiger partial charge >= 0.3 is 0 Å². The van der Waals surface area contributed by atoms with Crippen LogP contribution in [-0.2, 0) is 4.79 Å². The van der Waals surface area contributed by atoms with Crippen molar-refractivity contribution in [1.29, 1.82) is 0 Å². The summed E-state index contributed by atoms with van der Waals surface area (Å²) in [7, 11) is 0.